The highest BCUT2D eigenvalue weighted by Gasteiger charge is 2.32. The summed E-state index contributed by atoms with van der Waals surface area (Å²) in [5.74, 6) is 1.59. The Balaban J connectivity index is 1.70. The molecule has 1 aliphatic heterocycles. The second kappa shape index (κ2) is 5.78. The smallest absolute Gasteiger partial charge is 0.328 e. The van der Waals surface area contributed by atoms with Crippen molar-refractivity contribution < 1.29 is 0 Å². The summed E-state index contributed by atoms with van der Waals surface area (Å²) >= 11 is 1.66. The molecule has 8 nitrogen and oxygen atoms in total. The molecule has 1 fully saturated rings. The number of rotatable bonds is 2. The van der Waals surface area contributed by atoms with Crippen molar-refractivity contribution in [1.82, 2.24) is 19.5 Å². The van der Waals surface area contributed by atoms with Gasteiger partial charge in [0.2, 0.25) is 0 Å². The van der Waals surface area contributed by atoms with Gasteiger partial charge in [-0.3, -0.25) is 14.3 Å². The van der Waals surface area contributed by atoms with Crippen molar-refractivity contribution in [2.24, 2.45) is 0 Å². The van der Waals surface area contributed by atoms with Gasteiger partial charge in [-0.1, -0.05) is 0 Å². The van der Waals surface area contributed by atoms with E-state index >= 15 is 0 Å². The van der Waals surface area contributed by atoms with Gasteiger partial charge in [0.05, 0.1) is 11.4 Å². The van der Waals surface area contributed by atoms with Gasteiger partial charge >= 0.3 is 5.69 Å². The SMILES string of the molecule is Cc1nc(N2CC(n3cc(C#N)c(=O)[nH]c3=O)C2)c2c(C)c(C)sc2n1. The van der Waals surface area contributed by atoms with Gasteiger partial charge in [-0.25, -0.2) is 14.8 Å². The average molecular weight is 368 g/mol. The molecule has 3 aromatic rings. The molecule has 3 aromatic heterocycles. The van der Waals surface area contributed by atoms with E-state index in [2.05, 4.69) is 33.7 Å². The summed E-state index contributed by atoms with van der Waals surface area (Å²) in [4.78, 5) is 39.3. The number of hydrogen-bond acceptors (Lipinski definition) is 7. The predicted octanol–water partition coefficient (Wildman–Crippen LogP) is 1.40. The number of fused-ring (bicyclic) bond motifs is 1. The number of hydrogen-bond donors (Lipinski definition) is 1. The zero-order chi connectivity index (χ0) is 18.6. The number of aryl methyl sites for hydroxylation is 3. The van der Waals surface area contributed by atoms with Crippen molar-refractivity contribution >= 4 is 27.4 Å². The molecule has 0 aromatic carbocycles. The van der Waals surface area contributed by atoms with Crippen LogP contribution in [-0.4, -0.2) is 32.6 Å². The first kappa shape index (κ1) is 16.5. The van der Waals surface area contributed by atoms with Gasteiger partial charge in [0.15, 0.2) is 0 Å². The Morgan fingerprint density at radius 1 is 1.27 bits per heavy atom. The van der Waals surface area contributed by atoms with Crippen LogP contribution < -0.4 is 16.1 Å². The summed E-state index contributed by atoms with van der Waals surface area (Å²) in [6, 6.07) is 1.70. The summed E-state index contributed by atoms with van der Waals surface area (Å²) in [6.07, 6.45) is 1.34. The molecular weight excluding hydrogens is 352 g/mol. The molecule has 0 spiro atoms. The van der Waals surface area contributed by atoms with E-state index < -0.39 is 11.2 Å². The maximum Gasteiger partial charge on any atom is 0.328 e. The quantitative estimate of drug-likeness (QED) is 0.732. The fourth-order valence-electron chi connectivity index (χ4n) is 3.20. The summed E-state index contributed by atoms with van der Waals surface area (Å²) < 4.78 is 1.42. The second-order valence-corrected chi connectivity index (χ2v) is 7.64. The van der Waals surface area contributed by atoms with Gasteiger partial charge in [0, 0.05) is 24.2 Å². The van der Waals surface area contributed by atoms with E-state index in [1.54, 1.807) is 11.3 Å². The standard InChI is InChI=1S/C17H16N6O2S/c1-8-9(2)26-16-13(8)14(19-10(3)20-16)22-6-12(7-22)23-5-11(4-18)15(24)21-17(23)25/h5,12H,6-7H2,1-3H3,(H,21,24,25). The van der Waals surface area contributed by atoms with E-state index in [9.17, 15) is 9.59 Å². The number of nitrogens with zero attached hydrogens (tertiary/aromatic N) is 5. The number of nitrogens with one attached hydrogen (secondary N) is 1. The highest BCUT2D eigenvalue weighted by molar-refractivity contribution is 7.18. The molecule has 1 N–H and O–H groups in total. The average Bonchev–Trinajstić information content (AvgIpc) is 2.82. The molecule has 0 unspecified atom stereocenters. The highest BCUT2D eigenvalue weighted by Crippen LogP contribution is 2.37. The maximum absolute atomic E-state index is 12.1. The van der Waals surface area contributed by atoms with Crippen molar-refractivity contribution in [2.75, 3.05) is 18.0 Å². The number of nitriles is 1. The van der Waals surface area contributed by atoms with Crippen molar-refractivity contribution in [1.29, 1.82) is 5.26 Å². The molecule has 4 rings (SSSR count). The maximum atomic E-state index is 12.1. The molecule has 9 heteroatoms. The number of thiophene rings is 1. The van der Waals surface area contributed by atoms with E-state index in [1.165, 1.54) is 21.2 Å². The van der Waals surface area contributed by atoms with Gasteiger partial charge in [-0.2, -0.15) is 5.26 Å². The van der Waals surface area contributed by atoms with Crippen LogP contribution in [0.3, 0.4) is 0 Å². The lowest BCUT2D eigenvalue weighted by molar-refractivity contribution is 0.382. The Hall–Kier alpha value is -2.99. The minimum atomic E-state index is -0.651. The van der Waals surface area contributed by atoms with Crippen molar-refractivity contribution in [3.8, 4) is 6.07 Å². The van der Waals surface area contributed by atoms with Crippen LogP contribution in [0.5, 0.6) is 0 Å². The topological polar surface area (TPSA) is 108 Å². The lowest BCUT2D eigenvalue weighted by Crippen LogP contribution is -2.52. The number of aromatic amines is 1. The van der Waals surface area contributed by atoms with E-state index in [1.807, 2.05) is 13.0 Å². The van der Waals surface area contributed by atoms with E-state index in [0.29, 0.717) is 18.9 Å². The number of aromatic nitrogens is 4. The molecule has 0 bridgehead atoms. The summed E-state index contributed by atoms with van der Waals surface area (Å²) in [7, 11) is 0. The van der Waals surface area contributed by atoms with Crippen LogP contribution in [0.2, 0.25) is 0 Å². The predicted molar refractivity (Wildman–Crippen MR) is 98.9 cm³/mol. The second-order valence-electron chi connectivity index (χ2n) is 6.44. The molecule has 4 heterocycles. The lowest BCUT2D eigenvalue weighted by atomic mass is 10.1. The molecule has 1 saturated heterocycles. The fraction of sp³-hybridized carbons (Fsp3) is 0.353. The van der Waals surface area contributed by atoms with E-state index in [-0.39, 0.29) is 11.6 Å². The molecule has 132 valence electrons. The Bertz CT molecular complexity index is 1190. The minimum Gasteiger partial charge on any atom is -0.352 e. The molecule has 26 heavy (non-hydrogen) atoms. The molecule has 0 radical (unpaired) electrons. The highest BCUT2D eigenvalue weighted by atomic mass is 32.1. The Morgan fingerprint density at radius 2 is 2.00 bits per heavy atom. The molecule has 0 amide bonds. The minimum absolute atomic E-state index is 0.0624. The van der Waals surface area contributed by atoms with Crippen LogP contribution in [0.4, 0.5) is 5.82 Å². The van der Waals surface area contributed by atoms with Crippen molar-refractivity contribution in [2.45, 2.75) is 26.8 Å². The Labute approximate surface area is 152 Å². The van der Waals surface area contributed by atoms with Crippen molar-refractivity contribution in [3.63, 3.8) is 0 Å². The van der Waals surface area contributed by atoms with Gasteiger partial charge in [-0.05, 0) is 26.3 Å². The molecule has 0 aliphatic carbocycles. The Kier molecular flexibility index (Phi) is 3.66. The van der Waals surface area contributed by atoms with Crippen LogP contribution in [0.25, 0.3) is 10.2 Å². The van der Waals surface area contributed by atoms with Crippen molar-refractivity contribution in [3.05, 3.63) is 48.9 Å². The third-order valence-electron chi connectivity index (χ3n) is 4.76. The molecule has 0 saturated carbocycles. The van der Waals surface area contributed by atoms with Gasteiger partial charge < -0.3 is 4.90 Å². The summed E-state index contributed by atoms with van der Waals surface area (Å²) in [5, 5.41) is 10.1. The van der Waals surface area contributed by atoms with Gasteiger partial charge in [-0.15, -0.1) is 11.3 Å². The molecular formula is C17H16N6O2S. The third-order valence-corrected chi connectivity index (χ3v) is 5.87. The first-order valence-electron chi connectivity index (χ1n) is 8.14. The van der Waals surface area contributed by atoms with Crippen LogP contribution in [0, 0.1) is 32.1 Å². The van der Waals surface area contributed by atoms with Gasteiger partial charge in [0.1, 0.15) is 28.1 Å². The summed E-state index contributed by atoms with van der Waals surface area (Å²) in [5.41, 5.74) is -0.0308. The molecule has 0 atom stereocenters. The first-order chi connectivity index (χ1) is 12.4. The van der Waals surface area contributed by atoms with E-state index in [4.69, 9.17) is 5.26 Å². The van der Waals surface area contributed by atoms with Crippen LogP contribution in [0.1, 0.15) is 27.9 Å². The Morgan fingerprint density at radius 3 is 2.69 bits per heavy atom. The van der Waals surface area contributed by atoms with Crippen LogP contribution in [0.15, 0.2) is 15.8 Å². The van der Waals surface area contributed by atoms with E-state index in [0.717, 1.165) is 16.0 Å². The zero-order valence-electron chi connectivity index (χ0n) is 14.5. The van der Waals surface area contributed by atoms with Crippen LogP contribution >= 0.6 is 11.3 Å². The summed E-state index contributed by atoms with van der Waals surface area (Å²) in [6.45, 7) is 7.17. The monoisotopic (exact) mass is 368 g/mol. The molecule has 1 aliphatic rings. The number of H-pyrrole nitrogens is 1. The normalized spacial score (nSPS) is 14.5. The lowest BCUT2D eigenvalue weighted by Gasteiger charge is -2.41. The number of anilines is 1. The zero-order valence-corrected chi connectivity index (χ0v) is 15.3. The fourth-order valence-corrected chi connectivity index (χ4v) is 4.27. The third kappa shape index (κ3) is 2.42. The van der Waals surface area contributed by atoms with Gasteiger partial charge in [0.25, 0.3) is 5.56 Å². The van der Waals surface area contributed by atoms with Crippen LogP contribution in [-0.2, 0) is 0 Å². The largest absolute Gasteiger partial charge is 0.352 e. The first-order valence-corrected chi connectivity index (χ1v) is 8.95.